The number of halogens is 1. The number of likely N-dealkylation sites (tertiary alicyclic amines) is 1. The zero-order chi connectivity index (χ0) is 16.7. The van der Waals surface area contributed by atoms with Crippen molar-refractivity contribution in [2.45, 2.75) is 31.8 Å². The quantitative estimate of drug-likeness (QED) is 0.737. The van der Waals surface area contributed by atoms with Gasteiger partial charge in [-0.1, -0.05) is 17.7 Å². The molecule has 1 aromatic rings. The Morgan fingerprint density at radius 1 is 1.52 bits per heavy atom. The number of pyridine rings is 1. The van der Waals surface area contributed by atoms with Crippen molar-refractivity contribution < 1.29 is 14.6 Å². The molecule has 0 spiro atoms. The van der Waals surface area contributed by atoms with Crippen molar-refractivity contribution in [2.24, 2.45) is 5.92 Å². The van der Waals surface area contributed by atoms with Crippen LogP contribution in [0.1, 0.15) is 25.7 Å². The number of carbonyl (C=O) groups is 1. The van der Waals surface area contributed by atoms with Crippen LogP contribution in [-0.2, 0) is 4.79 Å². The van der Waals surface area contributed by atoms with E-state index >= 15 is 0 Å². The summed E-state index contributed by atoms with van der Waals surface area (Å²) in [4.78, 5) is 17.5. The number of hydrogen-bond donors (Lipinski definition) is 1. The second kappa shape index (κ2) is 8.89. The van der Waals surface area contributed by atoms with Crippen LogP contribution < -0.4 is 4.74 Å². The summed E-state index contributed by atoms with van der Waals surface area (Å²) in [5.74, 6) is -0.338. The molecule has 0 saturated carbocycles. The second-order valence-corrected chi connectivity index (χ2v) is 6.27. The lowest BCUT2D eigenvalue weighted by molar-refractivity contribution is -0.143. The molecular weight excluding hydrogens is 316 g/mol. The van der Waals surface area contributed by atoms with Gasteiger partial charge in [-0.25, -0.2) is 4.98 Å². The molecule has 2 rings (SSSR count). The first-order valence-electron chi connectivity index (χ1n) is 7.92. The number of aromatic nitrogens is 1. The van der Waals surface area contributed by atoms with Crippen LogP contribution in [0.4, 0.5) is 0 Å². The fourth-order valence-corrected chi connectivity index (χ4v) is 2.86. The zero-order valence-corrected chi connectivity index (χ0v) is 13.9. The van der Waals surface area contributed by atoms with Crippen molar-refractivity contribution in [3.8, 4) is 5.88 Å². The van der Waals surface area contributed by atoms with E-state index in [2.05, 4.69) is 16.5 Å². The molecule has 0 aliphatic carbocycles. The van der Waals surface area contributed by atoms with Gasteiger partial charge >= 0.3 is 5.97 Å². The van der Waals surface area contributed by atoms with Gasteiger partial charge in [-0.2, -0.15) is 0 Å². The highest BCUT2D eigenvalue weighted by Gasteiger charge is 2.26. The number of carboxylic acids is 1. The van der Waals surface area contributed by atoms with Gasteiger partial charge in [-0.15, -0.1) is 6.58 Å². The second-order valence-electron chi connectivity index (χ2n) is 5.83. The number of piperidine rings is 1. The fraction of sp³-hybridized carbons (Fsp3) is 0.529. The molecule has 0 radical (unpaired) electrons. The highest BCUT2D eigenvalue weighted by Crippen LogP contribution is 2.20. The van der Waals surface area contributed by atoms with E-state index in [1.54, 1.807) is 18.3 Å². The first kappa shape index (κ1) is 17.8. The summed E-state index contributed by atoms with van der Waals surface area (Å²) in [5.41, 5.74) is 0. The monoisotopic (exact) mass is 338 g/mol. The van der Waals surface area contributed by atoms with Crippen LogP contribution >= 0.6 is 11.6 Å². The van der Waals surface area contributed by atoms with Crippen molar-refractivity contribution in [1.29, 1.82) is 0 Å². The van der Waals surface area contributed by atoms with E-state index in [-0.39, 0.29) is 12.0 Å². The Labute approximate surface area is 141 Å². The van der Waals surface area contributed by atoms with E-state index in [1.807, 2.05) is 6.08 Å². The summed E-state index contributed by atoms with van der Waals surface area (Å²) in [5, 5.41) is 9.65. The third-order valence-electron chi connectivity index (χ3n) is 4.08. The first-order valence-corrected chi connectivity index (χ1v) is 8.30. The van der Waals surface area contributed by atoms with Crippen LogP contribution in [0.25, 0.3) is 0 Å². The minimum atomic E-state index is -0.686. The Balaban J connectivity index is 1.89. The van der Waals surface area contributed by atoms with Gasteiger partial charge in [0.1, 0.15) is 6.10 Å². The van der Waals surface area contributed by atoms with E-state index < -0.39 is 5.97 Å². The van der Waals surface area contributed by atoms with Crippen molar-refractivity contribution in [2.75, 3.05) is 19.6 Å². The molecule has 23 heavy (non-hydrogen) atoms. The van der Waals surface area contributed by atoms with Gasteiger partial charge in [-0.05, 0) is 44.8 Å². The number of allylic oxidation sites excluding steroid dienone is 1. The zero-order valence-electron chi connectivity index (χ0n) is 13.2. The molecule has 1 saturated heterocycles. The summed E-state index contributed by atoms with van der Waals surface area (Å²) < 4.78 is 5.97. The maximum Gasteiger partial charge on any atom is 0.306 e. The summed E-state index contributed by atoms with van der Waals surface area (Å²) in [6, 6.07) is 3.52. The van der Waals surface area contributed by atoms with Crippen LogP contribution in [0.2, 0.25) is 5.02 Å². The predicted molar refractivity (Wildman–Crippen MR) is 89.9 cm³/mol. The predicted octanol–water partition coefficient (Wildman–Crippen LogP) is 3.25. The van der Waals surface area contributed by atoms with Gasteiger partial charge < -0.3 is 9.84 Å². The summed E-state index contributed by atoms with van der Waals surface area (Å²) in [6.45, 7) is 6.11. The van der Waals surface area contributed by atoms with Gasteiger partial charge in [0.05, 0.1) is 10.9 Å². The fourth-order valence-electron chi connectivity index (χ4n) is 2.74. The molecule has 1 aromatic heterocycles. The summed E-state index contributed by atoms with van der Waals surface area (Å²) in [6.07, 6.45) is 6.56. The summed E-state index contributed by atoms with van der Waals surface area (Å²) >= 11 is 5.84. The SMILES string of the molecule is C=CCC[C@@H](CN1CCC(C(=O)O)CC1)Oc1ccc(Cl)cn1. The standard InChI is InChI=1S/C17H23ClN2O3/c1-2-3-4-15(23-16-6-5-14(18)11-19-16)12-20-9-7-13(8-10-20)17(21)22/h2,5-6,11,13,15H,1,3-4,7-10,12H2,(H,21,22)/t15-/m0/s1. The minimum absolute atomic E-state index is 0.00283. The third kappa shape index (κ3) is 5.84. The Hall–Kier alpha value is -1.59. The van der Waals surface area contributed by atoms with Gasteiger partial charge in [0.2, 0.25) is 5.88 Å². The number of rotatable bonds is 8. The average molecular weight is 339 g/mol. The smallest absolute Gasteiger partial charge is 0.306 e. The van der Waals surface area contributed by atoms with Gasteiger partial charge in [0, 0.05) is 18.8 Å². The molecule has 2 heterocycles. The van der Waals surface area contributed by atoms with E-state index in [1.165, 1.54) is 0 Å². The molecule has 0 aromatic carbocycles. The van der Waals surface area contributed by atoms with Crippen LogP contribution in [0.5, 0.6) is 5.88 Å². The summed E-state index contributed by atoms with van der Waals surface area (Å²) in [7, 11) is 0. The maximum atomic E-state index is 11.0. The number of hydrogen-bond acceptors (Lipinski definition) is 4. The van der Waals surface area contributed by atoms with Crippen molar-refractivity contribution in [1.82, 2.24) is 9.88 Å². The topological polar surface area (TPSA) is 62.7 Å². The van der Waals surface area contributed by atoms with Crippen molar-refractivity contribution in [3.05, 3.63) is 36.0 Å². The molecule has 1 aliphatic heterocycles. The van der Waals surface area contributed by atoms with Gasteiger partial charge in [0.25, 0.3) is 0 Å². The molecule has 0 amide bonds. The molecule has 0 unspecified atom stereocenters. The Morgan fingerprint density at radius 2 is 2.26 bits per heavy atom. The number of carboxylic acid groups (broad SMARTS) is 1. The normalized spacial score (nSPS) is 17.6. The van der Waals surface area contributed by atoms with Crippen LogP contribution in [-0.4, -0.2) is 46.7 Å². The lowest BCUT2D eigenvalue weighted by Gasteiger charge is -2.32. The van der Waals surface area contributed by atoms with Crippen LogP contribution in [0, 0.1) is 5.92 Å². The molecule has 1 fully saturated rings. The molecule has 126 valence electrons. The largest absolute Gasteiger partial charge is 0.481 e. The molecule has 1 N–H and O–H groups in total. The third-order valence-corrected chi connectivity index (χ3v) is 4.30. The maximum absolute atomic E-state index is 11.0. The Kier molecular flexibility index (Phi) is 6.86. The molecule has 1 atom stereocenters. The molecule has 0 bridgehead atoms. The van der Waals surface area contributed by atoms with Crippen LogP contribution in [0.3, 0.4) is 0 Å². The van der Waals surface area contributed by atoms with E-state index in [9.17, 15) is 4.79 Å². The highest BCUT2D eigenvalue weighted by atomic mass is 35.5. The van der Waals surface area contributed by atoms with E-state index in [0.29, 0.717) is 23.7 Å². The Morgan fingerprint density at radius 3 is 2.83 bits per heavy atom. The number of nitrogens with zero attached hydrogens (tertiary/aromatic N) is 2. The Bertz CT molecular complexity index is 513. The molecule has 5 nitrogen and oxygen atoms in total. The van der Waals surface area contributed by atoms with Gasteiger partial charge in [-0.3, -0.25) is 9.69 Å². The molecule has 1 aliphatic rings. The van der Waals surface area contributed by atoms with Crippen molar-refractivity contribution >= 4 is 17.6 Å². The van der Waals surface area contributed by atoms with E-state index in [4.69, 9.17) is 21.4 Å². The average Bonchev–Trinajstić information content (AvgIpc) is 2.55. The molecule has 6 heteroatoms. The number of ether oxygens (including phenoxy) is 1. The number of aliphatic carboxylic acids is 1. The lowest BCUT2D eigenvalue weighted by atomic mass is 9.97. The van der Waals surface area contributed by atoms with Gasteiger partial charge in [0.15, 0.2) is 0 Å². The lowest BCUT2D eigenvalue weighted by Crippen LogP contribution is -2.42. The highest BCUT2D eigenvalue weighted by molar-refractivity contribution is 6.30. The van der Waals surface area contributed by atoms with Crippen LogP contribution in [0.15, 0.2) is 31.0 Å². The molecular formula is C17H23ClN2O3. The van der Waals surface area contributed by atoms with Crippen molar-refractivity contribution in [3.63, 3.8) is 0 Å². The van der Waals surface area contributed by atoms with E-state index in [0.717, 1.165) is 32.5 Å². The minimum Gasteiger partial charge on any atom is -0.481 e. The first-order chi connectivity index (χ1) is 11.1.